The summed E-state index contributed by atoms with van der Waals surface area (Å²) in [6, 6.07) is -0.932. The second kappa shape index (κ2) is 18.8. The van der Waals surface area contributed by atoms with Gasteiger partial charge in [-0.05, 0) is 32.6 Å². The molecule has 2 aliphatic heterocycles. The number of nitrogens with one attached hydrogen (secondary N) is 1. The van der Waals surface area contributed by atoms with E-state index in [-0.39, 0.29) is 6.61 Å². The van der Waals surface area contributed by atoms with Crippen molar-refractivity contribution in [3.8, 4) is 0 Å². The highest BCUT2D eigenvalue weighted by Gasteiger charge is 2.50. The molecule has 14 heteroatoms. The number of unbranched alkanes of at least 4 members (excludes halogenated alkanes) is 2. The molecular weight excluding hydrogens is 558 g/mol. The molecule has 0 aliphatic carbocycles. The molecule has 9 N–H and O–H groups in total. The highest BCUT2D eigenvalue weighted by Crippen LogP contribution is 2.29. The van der Waals surface area contributed by atoms with Gasteiger partial charge in [0.05, 0.1) is 32.0 Å². The predicted molar refractivity (Wildman–Crippen MR) is 148 cm³/mol. The molecule has 2 aliphatic rings. The largest absolute Gasteiger partial charge is 0.394 e. The summed E-state index contributed by atoms with van der Waals surface area (Å²) < 4.78 is 22.0. The minimum absolute atomic E-state index is 0.333. The number of aliphatic hydroxyl groups is 8. The number of allylic oxidation sites excluding steroid dienone is 5. The van der Waals surface area contributed by atoms with E-state index in [0.717, 1.165) is 19.3 Å². The van der Waals surface area contributed by atoms with Crippen molar-refractivity contribution in [2.75, 3.05) is 19.8 Å². The lowest BCUT2D eigenvalue weighted by molar-refractivity contribution is -0.359. The van der Waals surface area contributed by atoms with Crippen LogP contribution < -0.4 is 5.32 Å². The summed E-state index contributed by atoms with van der Waals surface area (Å²) in [6.07, 6.45) is -2.16. The third kappa shape index (κ3) is 10.7. The summed E-state index contributed by atoms with van der Waals surface area (Å²) in [5.41, 5.74) is 0. The summed E-state index contributed by atoms with van der Waals surface area (Å²) in [4.78, 5) is 11.7. The normalized spacial score (nSPS) is 35.7. The molecule has 2 heterocycles. The minimum Gasteiger partial charge on any atom is -0.394 e. The average Bonchev–Trinajstić information content (AvgIpc) is 2.97. The molecule has 42 heavy (non-hydrogen) atoms. The van der Waals surface area contributed by atoms with Crippen molar-refractivity contribution in [3.63, 3.8) is 0 Å². The van der Waals surface area contributed by atoms with Crippen molar-refractivity contribution >= 4 is 5.91 Å². The van der Waals surface area contributed by atoms with Crippen LogP contribution in [0.25, 0.3) is 0 Å². The Balaban J connectivity index is 1.96. The van der Waals surface area contributed by atoms with Crippen molar-refractivity contribution in [2.24, 2.45) is 0 Å². The summed E-state index contributed by atoms with van der Waals surface area (Å²) >= 11 is 0. The summed E-state index contributed by atoms with van der Waals surface area (Å²) in [6.45, 7) is 1.47. The first-order chi connectivity index (χ1) is 20.0. The zero-order valence-electron chi connectivity index (χ0n) is 24.0. The van der Waals surface area contributed by atoms with Crippen LogP contribution in [0.4, 0.5) is 0 Å². The number of carbonyl (C=O) groups is 1. The lowest BCUT2D eigenvalue weighted by Crippen LogP contribution is -2.65. The van der Waals surface area contributed by atoms with E-state index in [4.69, 9.17) is 18.9 Å². The fourth-order valence-electron chi connectivity index (χ4n) is 4.54. The molecule has 0 aromatic carbocycles. The van der Waals surface area contributed by atoms with Crippen LogP contribution in [0.15, 0.2) is 36.5 Å². The molecular formula is C28H47NO13. The Kier molecular flexibility index (Phi) is 16.3. The second-order valence-electron chi connectivity index (χ2n) is 10.3. The van der Waals surface area contributed by atoms with E-state index < -0.39 is 92.7 Å². The van der Waals surface area contributed by atoms with Gasteiger partial charge in [-0.25, -0.2) is 0 Å². The van der Waals surface area contributed by atoms with E-state index in [1.165, 1.54) is 13.0 Å². The van der Waals surface area contributed by atoms with Crippen LogP contribution in [0.3, 0.4) is 0 Å². The van der Waals surface area contributed by atoms with Gasteiger partial charge < -0.3 is 65.1 Å². The Bertz CT molecular complexity index is 867. The number of amides is 1. The Morgan fingerprint density at radius 2 is 1.38 bits per heavy atom. The zero-order valence-corrected chi connectivity index (χ0v) is 24.0. The van der Waals surface area contributed by atoms with Crippen molar-refractivity contribution in [1.29, 1.82) is 0 Å². The summed E-state index contributed by atoms with van der Waals surface area (Å²) in [5, 5.41) is 84.0. The molecule has 0 spiro atoms. The lowest BCUT2D eigenvalue weighted by atomic mass is 9.97. The van der Waals surface area contributed by atoms with Crippen molar-refractivity contribution < 1.29 is 64.6 Å². The standard InChI is InChI=1S/C28H47NO13/c1-3-4-5-6-7-8-9-10-11-12-18(33)17(29-16(2)32)15-39-27-25(38)23(36)26(20(14-31)41-27)42-28-24(37)22(35)21(34)19(13-30)40-28/h3-4,7-8,11-12,17-28,30-31,33-38H,5-6,9-10,13-15H2,1-2H3,(H,29,32)/b4-3+,8-7+,12-11+. The van der Waals surface area contributed by atoms with E-state index >= 15 is 0 Å². The van der Waals surface area contributed by atoms with Gasteiger partial charge in [-0.1, -0.05) is 36.5 Å². The van der Waals surface area contributed by atoms with Crippen molar-refractivity contribution in [2.45, 2.75) is 113 Å². The van der Waals surface area contributed by atoms with Crippen molar-refractivity contribution in [1.82, 2.24) is 5.32 Å². The van der Waals surface area contributed by atoms with Gasteiger partial charge in [0.1, 0.15) is 48.8 Å². The van der Waals surface area contributed by atoms with Gasteiger partial charge in [-0.2, -0.15) is 0 Å². The second-order valence-corrected chi connectivity index (χ2v) is 10.3. The Hall–Kier alpha value is -1.79. The first kappa shape index (κ1) is 36.4. The molecule has 2 saturated heterocycles. The van der Waals surface area contributed by atoms with Crippen LogP contribution in [-0.4, -0.2) is 140 Å². The van der Waals surface area contributed by atoms with Gasteiger partial charge in [-0.3, -0.25) is 4.79 Å². The van der Waals surface area contributed by atoms with Gasteiger partial charge in [-0.15, -0.1) is 0 Å². The van der Waals surface area contributed by atoms with E-state index in [1.54, 1.807) is 6.08 Å². The third-order valence-corrected chi connectivity index (χ3v) is 6.94. The molecule has 2 rings (SSSR count). The van der Waals surface area contributed by atoms with Crippen LogP contribution in [0.2, 0.25) is 0 Å². The van der Waals surface area contributed by atoms with Crippen LogP contribution in [0, 0.1) is 0 Å². The lowest BCUT2D eigenvalue weighted by Gasteiger charge is -2.46. The fraction of sp³-hybridized carbons (Fsp3) is 0.750. The monoisotopic (exact) mass is 605 g/mol. The molecule has 14 nitrogen and oxygen atoms in total. The molecule has 0 aromatic heterocycles. The molecule has 242 valence electrons. The molecule has 0 saturated carbocycles. The smallest absolute Gasteiger partial charge is 0.217 e. The Morgan fingerprint density at radius 3 is 1.98 bits per heavy atom. The first-order valence-corrected chi connectivity index (χ1v) is 14.1. The summed E-state index contributed by atoms with van der Waals surface area (Å²) in [5.74, 6) is -0.438. The maximum absolute atomic E-state index is 11.7. The van der Waals surface area contributed by atoms with Gasteiger partial charge in [0, 0.05) is 6.92 Å². The zero-order chi connectivity index (χ0) is 31.2. The summed E-state index contributed by atoms with van der Waals surface area (Å²) in [7, 11) is 0. The molecule has 2 fully saturated rings. The van der Waals surface area contributed by atoms with E-state index in [2.05, 4.69) is 17.5 Å². The number of ether oxygens (including phenoxy) is 4. The van der Waals surface area contributed by atoms with Crippen LogP contribution in [-0.2, 0) is 23.7 Å². The fourth-order valence-corrected chi connectivity index (χ4v) is 4.54. The highest BCUT2D eigenvalue weighted by molar-refractivity contribution is 5.73. The number of aliphatic hydroxyl groups excluding tert-OH is 8. The van der Waals surface area contributed by atoms with Crippen LogP contribution >= 0.6 is 0 Å². The van der Waals surface area contributed by atoms with Gasteiger partial charge in [0.25, 0.3) is 0 Å². The molecule has 1 amide bonds. The number of rotatable bonds is 16. The highest BCUT2D eigenvalue weighted by atomic mass is 16.7. The molecule has 12 atom stereocenters. The number of carbonyl (C=O) groups excluding carboxylic acids is 1. The van der Waals surface area contributed by atoms with Crippen LogP contribution in [0.5, 0.6) is 0 Å². The van der Waals surface area contributed by atoms with E-state index in [0.29, 0.717) is 6.42 Å². The molecule has 0 bridgehead atoms. The number of hydrogen-bond acceptors (Lipinski definition) is 13. The third-order valence-electron chi connectivity index (χ3n) is 6.94. The quantitative estimate of drug-likeness (QED) is 0.0669. The first-order valence-electron chi connectivity index (χ1n) is 14.1. The maximum Gasteiger partial charge on any atom is 0.217 e. The van der Waals surface area contributed by atoms with Crippen molar-refractivity contribution in [3.05, 3.63) is 36.5 Å². The molecule has 12 unspecified atom stereocenters. The SMILES string of the molecule is C/C=C/CC/C=C/CC/C=C/C(O)C(COC1OC(CO)C(OC2OC(CO)C(O)C(O)C2O)C(O)C1O)NC(C)=O. The van der Waals surface area contributed by atoms with Gasteiger partial charge >= 0.3 is 0 Å². The number of hydrogen-bond donors (Lipinski definition) is 9. The van der Waals surface area contributed by atoms with Gasteiger partial charge in [0.15, 0.2) is 12.6 Å². The van der Waals surface area contributed by atoms with Gasteiger partial charge in [0.2, 0.25) is 5.91 Å². The topological polar surface area (TPSA) is 228 Å². The molecule has 0 radical (unpaired) electrons. The average molecular weight is 606 g/mol. The Labute approximate surface area is 245 Å². The van der Waals surface area contributed by atoms with E-state index in [1.807, 2.05) is 19.1 Å². The molecule has 0 aromatic rings. The minimum atomic E-state index is -1.78. The predicted octanol–water partition coefficient (Wildman–Crippen LogP) is -2.26. The maximum atomic E-state index is 11.7. The van der Waals surface area contributed by atoms with Crippen LogP contribution in [0.1, 0.15) is 39.5 Å². The Morgan fingerprint density at radius 1 is 0.810 bits per heavy atom. The van der Waals surface area contributed by atoms with E-state index in [9.17, 15) is 45.6 Å².